The van der Waals surface area contributed by atoms with E-state index < -0.39 is 10.0 Å². The van der Waals surface area contributed by atoms with Crippen LogP contribution in [0.2, 0.25) is 0 Å². The predicted molar refractivity (Wildman–Crippen MR) is 65.1 cm³/mol. The van der Waals surface area contributed by atoms with Gasteiger partial charge in [0.1, 0.15) is 11.5 Å². The molecule has 1 aromatic heterocycles. The summed E-state index contributed by atoms with van der Waals surface area (Å²) in [6, 6.07) is 1.56. The highest BCUT2D eigenvalue weighted by atomic mass is 32.2. The Hall–Kier alpha value is -1.18. The lowest BCUT2D eigenvalue weighted by Gasteiger charge is -2.10. The van der Waals surface area contributed by atoms with E-state index in [0.717, 1.165) is 5.56 Å². The molecule has 0 unspecified atom stereocenters. The largest absolute Gasteiger partial charge is 0.474 e. The minimum atomic E-state index is -3.57. The minimum Gasteiger partial charge on any atom is -0.474 e. The standard InChI is InChI=1S/C11H16N2O4S/c1-9-7-10-11(12-8-9)17-6-5-16-4-2-3-13-18(10,14)15/h7-8,13H,2-6H2,1H3. The Morgan fingerprint density at radius 1 is 1.33 bits per heavy atom. The Morgan fingerprint density at radius 2 is 2.17 bits per heavy atom. The molecule has 0 aromatic carbocycles. The van der Waals surface area contributed by atoms with Gasteiger partial charge in [-0.25, -0.2) is 18.1 Å². The maximum Gasteiger partial charge on any atom is 0.245 e. The molecule has 2 rings (SSSR count). The second kappa shape index (κ2) is 5.64. The van der Waals surface area contributed by atoms with Crippen molar-refractivity contribution in [3.63, 3.8) is 0 Å². The number of nitrogens with zero attached hydrogens (tertiary/aromatic N) is 1. The van der Waals surface area contributed by atoms with E-state index in [1.165, 1.54) is 0 Å². The van der Waals surface area contributed by atoms with Crippen molar-refractivity contribution >= 4 is 10.0 Å². The number of hydrogen-bond donors (Lipinski definition) is 1. The summed E-state index contributed by atoms with van der Waals surface area (Å²) in [4.78, 5) is 4.11. The lowest BCUT2D eigenvalue weighted by atomic mass is 10.3. The molecule has 100 valence electrons. The summed E-state index contributed by atoms with van der Waals surface area (Å²) in [6.07, 6.45) is 2.21. The number of pyridine rings is 1. The van der Waals surface area contributed by atoms with Gasteiger partial charge in [0.05, 0.1) is 6.61 Å². The van der Waals surface area contributed by atoms with Gasteiger partial charge in [0.15, 0.2) is 0 Å². The summed E-state index contributed by atoms with van der Waals surface area (Å²) in [5.41, 5.74) is 0.772. The zero-order valence-electron chi connectivity index (χ0n) is 10.2. The van der Waals surface area contributed by atoms with Crippen LogP contribution in [0.1, 0.15) is 12.0 Å². The highest BCUT2D eigenvalue weighted by molar-refractivity contribution is 7.89. The Labute approximate surface area is 106 Å². The van der Waals surface area contributed by atoms with Crippen molar-refractivity contribution in [3.05, 3.63) is 17.8 Å². The van der Waals surface area contributed by atoms with Crippen LogP contribution in [-0.4, -0.2) is 39.8 Å². The van der Waals surface area contributed by atoms with Crippen LogP contribution in [0.4, 0.5) is 0 Å². The van der Waals surface area contributed by atoms with Gasteiger partial charge in [-0.1, -0.05) is 0 Å². The van der Waals surface area contributed by atoms with Crippen LogP contribution in [-0.2, 0) is 14.8 Å². The highest BCUT2D eigenvalue weighted by Crippen LogP contribution is 2.22. The first kappa shape index (κ1) is 13.3. The zero-order chi connectivity index (χ0) is 13.0. The summed E-state index contributed by atoms with van der Waals surface area (Å²) in [5.74, 6) is 0.124. The van der Waals surface area contributed by atoms with Gasteiger partial charge < -0.3 is 9.47 Å². The van der Waals surface area contributed by atoms with E-state index in [4.69, 9.17) is 9.47 Å². The molecule has 2 heterocycles. The third-order valence-corrected chi connectivity index (χ3v) is 3.92. The van der Waals surface area contributed by atoms with Gasteiger partial charge >= 0.3 is 0 Å². The molecule has 7 heteroatoms. The van der Waals surface area contributed by atoms with Gasteiger partial charge in [-0.05, 0) is 25.0 Å². The van der Waals surface area contributed by atoms with Crippen LogP contribution < -0.4 is 9.46 Å². The lowest BCUT2D eigenvalue weighted by molar-refractivity contribution is 0.0969. The van der Waals surface area contributed by atoms with Gasteiger partial charge in [-0.3, -0.25) is 0 Å². The molecule has 0 saturated heterocycles. The fourth-order valence-electron chi connectivity index (χ4n) is 1.59. The first-order chi connectivity index (χ1) is 8.59. The average Bonchev–Trinajstić information content (AvgIpc) is 2.35. The second-order valence-electron chi connectivity index (χ2n) is 4.03. The van der Waals surface area contributed by atoms with Gasteiger partial charge in [-0.15, -0.1) is 0 Å². The van der Waals surface area contributed by atoms with Gasteiger partial charge in [0, 0.05) is 19.3 Å². The van der Waals surface area contributed by atoms with E-state index in [0.29, 0.717) is 32.8 Å². The fraction of sp³-hybridized carbons (Fsp3) is 0.545. The van der Waals surface area contributed by atoms with E-state index in [-0.39, 0.29) is 10.8 Å². The number of aromatic nitrogens is 1. The van der Waals surface area contributed by atoms with Crippen molar-refractivity contribution in [2.45, 2.75) is 18.2 Å². The molecule has 1 aliphatic heterocycles. The smallest absolute Gasteiger partial charge is 0.245 e. The van der Waals surface area contributed by atoms with Crippen LogP contribution in [0, 0.1) is 6.92 Å². The molecule has 0 fully saturated rings. The summed E-state index contributed by atoms with van der Waals surface area (Å²) >= 11 is 0. The molecule has 0 bridgehead atoms. The summed E-state index contributed by atoms with van der Waals surface area (Å²) in [6.45, 7) is 3.36. The van der Waals surface area contributed by atoms with Crippen molar-refractivity contribution < 1.29 is 17.9 Å². The molecule has 0 amide bonds. The molecular weight excluding hydrogens is 256 g/mol. The molecule has 18 heavy (non-hydrogen) atoms. The van der Waals surface area contributed by atoms with E-state index in [1.807, 2.05) is 0 Å². The number of sulfonamides is 1. The molecule has 0 radical (unpaired) electrons. The molecule has 0 spiro atoms. The molecule has 6 nitrogen and oxygen atoms in total. The van der Waals surface area contributed by atoms with E-state index in [2.05, 4.69) is 9.71 Å². The molecule has 0 aliphatic carbocycles. The Bertz CT molecular complexity index is 516. The maximum atomic E-state index is 12.1. The van der Waals surface area contributed by atoms with Crippen molar-refractivity contribution in [3.8, 4) is 5.88 Å². The summed E-state index contributed by atoms with van der Waals surface area (Å²) in [5, 5.41) is 0. The third-order valence-electron chi connectivity index (χ3n) is 2.47. The van der Waals surface area contributed by atoms with Crippen LogP contribution in [0.3, 0.4) is 0 Å². The predicted octanol–water partition coefficient (Wildman–Crippen LogP) is 0.467. The van der Waals surface area contributed by atoms with Gasteiger partial charge in [0.2, 0.25) is 15.9 Å². The molecular formula is C11H16N2O4S. The second-order valence-corrected chi connectivity index (χ2v) is 5.76. The average molecular weight is 272 g/mol. The molecule has 1 N–H and O–H groups in total. The fourth-order valence-corrected chi connectivity index (χ4v) is 2.84. The first-order valence-corrected chi connectivity index (χ1v) is 7.25. The van der Waals surface area contributed by atoms with Crippen LogP contribution in [0.5, 0.6) is 5.88 Å². The van der Waals surface area contributed by atoms with Crippen LogP contribution >= 0.6 is 0 Å². The van der Waals surface area contributed by atoms with E-state index in [1.54, 1.807) is 19.2 Å². The number of rotatable bonds is 0. The van der Waals surface area contributed by atoms with Crippen molar-refractivity contribution in [1.29, 1.82) is 0 Å². The Morgan fingerprint density at radius 3 is 3.00 bits per heavy atom. The van der Waals surface area contributed by atoms with Crippen LogP contribution in [0.25, 0.3) is 0 Å². The number of fused-ring (bicyclic) bond motifs is 1. The number of ether oxygens (including phenoxy) is 2. The van der Waals surface area contributed by atoms with E-state index >= 15 is 0 Å². The highest BCUT2D eigenvalue weighted by Gasteiger charge is 2.21. The van der Waals surface area contributed by atoms with Gasteiger partial charge in [0.25, 0.3) is 0 Å². The molecule has 1 aromatic rings. The number of aryl methyl sites for hydroxylation is 1. The number of hydrogen-bond acceptors (Lipinski definition) is 5. The van der Waals surface area contributed by atoms with Crippen molar-refractivity contribution in [1.82, 2.24) is 9.71 Å². The summed E-state index contributed by atoms with van der Waals surface area (Å²) < 4.78 is 37.4. The van der Waals surface area contributed by atoms with Crippen molar-refractivity contribution in [2.24, 2.45) is 0 Å². The Kier molecular flexibility index (Phi) is 4.15. The first-order valence-electron chi connectivity index (χ1n) is 5.76. The third kappa shape index (κ3) is 3.18. The molecule has 0 atom stereocenters. The molecule has 1 aliphatic rings. The zero-order valence-corrected chi connectivity index (χ0v) is 11.0. The monoisotopic (exact) mass is 272 g/mol. The normalized spacial score (nSPS) is 20.3. The molecule has 0 saturated carbocycles. The number of nitrogens with one attached hydrogen (secondary N) is 1. The van der Waals surface area contributed by atoms with Crippen LogP contribution in [0.15, 0.2) is 17.2 Å². The topological polar surface area (TPSA) is 77.5 Å². The lowest BCUT2D eigenvalue weighted by Crippen LogP contribution is -2.26. The van der Waals surface area contributed by atoms with Crippen molar-refractivity contribution in [2.75, 3.05) is 26.4 Å². The van der Waals surface area contributed by atoms with E-state index in [9.17, 15) is 8.42 Å². The Balaban J connectivity index is 2.37. The quantitative estimate of drug-likeness (QED) is 0.742. The summed E-state index contributed by atoms with van der Waals surface area (Å²) in [7, 11) is -3.57. The SMILES string of the molecule is Cc1cnc2c(c1)S(=O)(=O)NCCCOCCO2. The minimum absolute atomic E-state index is 0.0874. The maximum absolute atomic E-state index is 12.1. The van der Waals surface area contributed by atoms with Gasteiger partial charge in [-0.2, -0.15) is 0 Å².